The van der Waals surface area contributed by atoms with Crippen LogP contribution in [-0.2, 0) is 27.6 Å². The van der Waals surface area contributed by atoms with E-state index in [0.29, 0.717) is 12.1 Å². The number of aliphatic carboxylic acids is 1. The molecular weight excluding hydrogens is 266 g/mol. The molecule has 0 amide bonds. The van der Waals surface area contributed by atoms with Crippen molar-refractivity contribution in [3.63, 3.8) is 0 Å². The summed E-state index contributed by atoms with van der Waals surface area (Å²) in [5, 5.41) is 11.2. The van der Waals surface area contributed by atoms with E-state index in [1.54, 1.807) is 33.0 Å². The topological polar surface area (TPSA) is 83.5 Å². The van der Waals surface area contributed by atoms with Gasteiger partial charge in [0.1, 0.15) is 0 Å². The summed E-state index contributed by atoms with van der Waals surface area (Å²) in [7, 11) is -1.65. The van der Waals surface area contributed by atoms with Crippen LogP contribution < -0.4 is 5.32 Å². The summed E-state index contributed by atoms with van der Waals surface area (Å²) in [5.41, 5.74) is 1.26. The molecule has 0 aliphatic rings. The first-order valence-electron chi connectivity index (χ1n) is 6.00. The lowest BCUT2D eigenvalue weighted by molar-refractivity contribution is -0.136. The number of hydrogen-bond donors (Lipinski definition) is 2. The van der Waals surface area contributed by atoms with Crippen LogP contribution in [0.25, 0.3) is 0 Å². The van der Waals surface area contributed by atoms with Crippen LogP contribution in [0.1, 0.15) is 25.0 Å². The maximum Gasteiger partial charge on any atom is 0.307 e. The molecule has 1 aromatic carbocycles. The van der Waals surface area contributed by atoms with E-state index < -0.39 is 21.1 Å². The van der Waals surface area contributed by atoms with Crippen molar-refractivity contribution in [3.8, 4) is 0 Å². The number of carboxylic acid groups (broad SMARTS) is 1. The number of rotatable bonds is 6. The lowest BCUT2D eigenvalue weighted by atomic mass is 10.1. The highest BCUT2D eigenvalue weighted by atomic mass is 32.2. The van der Waals surface area contributed by atoms with Gasteiger partial charge in [-0.25, -0.2) is 8.42 Å². The second-order valence-electron chi connectivity index (χ2n) is 4.68. The van der Waals surface area contributed by atoms with Gasteiger partial charge in [-0.15, -0.1) is 0 Å². The van der Waals surface area contributed by atoms with Crippen molar-refractivity contribution >= 4 is 15.8 Å². The normalized spacial score (nSPS) is 11.8. The predicted octanol–water partition coefficient (Wildman–Crippen LogP) is 1.22. The first-order valence-corrected chi connectivity index (χ1v) is 7.55. The van der Waals surface area contributed by atoms with E-state index in [1.807, 2.05) is 0 Å². The van der Waals surface area contributed by atoms with Crippen molar-refractivity contribution in [2.45, 2.75) is 37.0 Å². The van der Waals surface area contributed by atoms with Gasteiger partial charge < -0.3 is 10.4 Å². The van der Waals surface area contributed by atoms with Gasteiger partial charge in [0.15, 0.2) is 9.84 Å². The Morgan fingerprint density at radius 1 is 1.26 bits per heavy atom. The van der Waals surface area contributed by atoms with Gasteiger partial charge in [-0.05, 0) is 44.2 Å². The standard InChI is InChI=1S/C13H19NO4S/c1-9(2)19(17,18)12-5-10(7-13(15)16)4-11(6-12)8-14-3/h4-6,9,14H,7-8H2,1-3H3,(H,15,16). The Balaban J connectivity index is 3.31. The van der Waals surface area contributed by atoms with Crippen LogP contribution >= 0.6 is 0 Å². The Bertz CT molecular complexity index is 564. The van der Waals surface area contributed by atoms with Gasteiger partial charge in [0.2, 0.25) is 0 Å². The molecule has 2 N–H and O–H groups in total. The van der Waals surface area contributed by atoms with Crippen LogP contribution in [0.15, 0.2) is 23.1 Å². The van der Waals surface area contributed by atoms with Crippen molar-refractivity contribution in [2.24, 2.45) is 0 Å². The second-order valence-corrected chi connectivity index (χ2v) is 7.18. The summed E-state index contributed by atoms with van der Waals surface area (Å²) < 4.78 is 24.3. The summed E-state index contributed by atoms with van der Waals surface area (Å²) in [4.78, 5) is 11.0. The van der Waals surface area contributed by atoms with E-state index in [-0.39, 0.29) is 11.3 Å². The first kappa shape index (κ1) is 15.7. The monoisotopic (exact) mass is 285 g/mol. The maximum absolute atomic E-state index is 12.2. The Kier molecular flexibility index (Phi) is 5.08. The Hall–Kier alpha value is -1.40. The van der Waals surface area contributed by atoms with E-state index in [2.05, 4.69) is 5.32 Å². The van der Waals surface area contributed by atoms with Crippen LogP contribution in [0.5, 0.6) is 0 Å². The number of hydrogen-bond acceptors (Lipinski definition) is 4. The molecule has 0 aliphatic carbocycles. The fraction of sp³-hybridized carbons (Fsp3) is 0.462. The third-order valence-electron chi connectivity index (χ3n) is 2.71. The molecule has 0 aromatic heterocycles. The number of benzene rings is 1. The molecule has 0 saturated heterocycles. The second kappa shape index (κ2) is 6.16. The van der Waals surface area contributed by atoms with Crippen LogP contribution in [0.3, 0.4) is 0 Å². The summed E-state index contributed by atoms with van der Waals surface area (Å²) in [6, 6.07) is 4.75. The lowest BCUT2D eigenvalue weighted by Gasteiger charge is -2.12. The highest BCUT2D eigenvalue weighted by Gasteiger charge is 2.20. The highest BCUT2D eigenvalue weighted by molar-refractivity contribution is 7.92. The fourth-order valence-corrected chi connectivity index (χ4v) is 2.92. The maximum atomic E-state index is 12.2. The minimum Gasteiger partial charge on any atom is -0.481 e. The molecule has 19 heavy (non-hydrogen) atoms. The van der Waals surface area contributed by atoms with E-state index in [0.717, 1.165) is 5.56 Å². The Labute approximate surface area is 113 Å². The summed E-state index contributed by atoms with van der Waals surface area (Å²) in [6.45, 7) is 3.71. The van der Waals surface area contributed by atoms with Gasteiger partial charge in [-0.2, -0.15) is 0 Å². The minimum atomic E-state index is -3.40. The average Bonchev–Trinajstić information content (AvgIpc) is 2.27. The van der Waals surface area contributed by atoms with Crippen LogP contribution in [0, 0.1) is 0 Å². The minimum absolute atomic E-state index is 0.182. The molecular formula is C13H19NO4S. The molecule has 1 rings (SSSR count). The molecule has 0 unspecified atom stereocenters. The zero-order valence-corrected chi connectivity index (χ0v) is 12.1. The third-order valence-corrected chi connectivity index (χ3v) is 4.85. The van der Waals surface area contributed by atoms with E-state index in [9.17, 15) is 13.2 Å². The van der Waals surface area contributed by atoms with E-state index >= 15 is 0 Å². The largest absolute Gasteiger partial charge is 0.481 e. The van der Waals surface area contributed by atoms with Crippen molar-refractivity contribution in [3.05, 3.63) is 29.3 Å². The van der Waals surface area contributed by atoms with Crippen LogP contribution in [0.2, 0.25) is 0 Å². The van der Waals surface area contributed by atoms with E-state index in [1.165, 1.54) is 6.07 Å². The SMILES string of the molecule is CNCc1cc(CC(=O)O)cc(S(=O)(=O)C(C)C)c1. The zero-order valence-electron chi connectivity index (χ0n) is 11.3. The molecule has 0 spiro atoms. The predicted molar refractivity (Wildman–Crippen MR) is 72.9 cm³/mol. The molecule has 0 saturated carbocycles. The van der Waals surface area contributed by atoms with Gasteiger partial charge in [0.05, 0.1) is 16.6 Å². The molecule has 6 heteroatoms. The van der Waals surface area contributed by atoms with Gasteiger partial charge >= 0.3 is 5.97 Å². The molecule has 1 aromatic rings. The molecule has 0 atom stereocenters. The summed E-state index contributed by atoms with van der Waals surface area (Å²) in [5.74, 6) is -0.977. The zero-order chi connectivity index (χ0) is 14.6. The van der Waals surface area contributed by atoms with Gasteiger partial charge in [0, 0.05) is 6.54 Å². The number of carbonyl (C=O) groups is 1. The van der Waals surface area contributed by atoms with Gasteiger partial charge in [-0.1, -0.05) is 6.07 Å². The molecule has 0 radical (unpaired) electrons. The Morgan fingerprint density at radius 2 is 1.84 bits per heavy atom. The molecule has 0 aliphatic heterocycles. The van der Waals surface area contributed by atoms with Crippen molar-refractivity contribution in [1.29, 1.82) is 0 Å². The molecule has 0 fully saturated rings. The number of carboxylic acids is 1. The molecule has 0 bridgehead atoms. The molecule has 0 heterocycles. The number of nitrogens with one attached hydrogen (secondary N) is 1. The van der Waals surface area contributed by atoms with Gasteiger partial charge in [-0.3, -0.25) is 4.79 Å². The van der Waals surface area contributed by atoms with E-state index in [4.69, 9.17) is 5.11 Å². The van der Waals surface area contributed by atoms with Crippen molar-refractivity contribution in [2.75, 3.05) is 7.05 Å². The van der Waals surface area contributed by atoms with Gasteiger partial charge in [0.25, 0.3) is 0 Å². The van der Waals surface area contributed by atoms with Crippen molar-refractivity contribution in [1.82, 2.24) is 5.32 Å². The summed E-state index contributed by atoms with van der Waals surface area (Å²) in [6.07, 6.45) is -0.182. The van der Waals surface area contributed by atoms with Crippen LogP contribution in [-0.4, -0.2) is 31.8 Å². The smallest absolute Gasteiger partial charge is 0.307 e. The quantitative estimate of drug-likeness (QED) is 0.821. The Morgan fingerprint density at radius 3 is 2.32 bits per heavy atom. The molecule has 106 valence electrons. The lowest BCUT2D eigenvalue weighted by Crippen LogP contribution is -2.16. The average molecular weight is 285 g/mol. The third kappa shape index (κ3) is 4.04. The fourth-order valence-electron chi connectivity index (χ4n) is 1.75. The van der Waals surface area contributed by atoms with Crippen molar-refractivity contribution < 1.29 is 18.3 Å². The molecule has 5 nitrogen and oxygen atoms in total. The number of sulfone groups is 1. The summed E-state index contributed by atoms with van der Waals surface area (Å²) >= 11 is 0. The first-order chi connectivity index (χ1) is 8.77. The van der Waals surface area contributed by atoms with Crippen LogP contribution in [0.4, 0.5) is 0 Å². The highest BCUT2D eigenvalue weighted by Crippen LogP contribution is 2.20.